The van der Waals surface area contributed by atoms with Crippen LogP contribution in [0.5, 0.6) is 0 Å². The van der Waals surface area contributed by atoms with Crippen LogP contribution in [0.2, 0.25) is 5.02 Å². The van der Waals surface area contributed by atoms with Gasteiger partial charge in [0.2, 0.25) is 5.78 Å². The molecule has 3 rings (SSSR count). The summed E-state index contributed by atoms with van der Waals surface area (Å²) >= 11 is 6.01. The van der Waals surface area contributed by atoms with Crippen molar-refractivity contribution in [3.8, 4) is 0 Å². The van der Waals surface area contributed by atoms with Crippen LogP contribution >= 0.6 is 11.6 Å². The zero-order chi connectivity index (χ0) is 13.4. The largest absolute Gasteiger partial charge is 0.452 e. The molecule has 0 atom stereocenters. The van der Waals surface area contributed by atoms with Gasteiger partial charge in [-0.1, -0.05) is 17.7 Å². The lowest BCUT2D eigenvalue weighted by Crippen LogP contribution is -2.02. The summed E-state index contributed by atoms with van der Waals surface area (Å²) in [6, 6.07) is 9.21. The minimum atomic E-state index is -0.496. The molecule has 0 saturated heterocycles. The number of nitrogens with zero attached hydrogens (tertiary/aromatic N) is 1. The Bertz CT molecular complexity index is 765. The van der Waals surface area contributed by atoms with E-state index in [0.717, 1.165) is 6.20 Å². The first-order chi connectivity index (χ1) is 9.15. The second-order valence-corrected chi connectivity index (χ2v) is 4.36. The molecular weight excluding hydrogens is 269 g/mol. The minimum Gasteiger partial charge on any atom is -0.452 e. The molecule has 0 radical (unpaired) electrons. The fraction of sp³-hybridized carbons (Fsp3) is 0. The lowest BCUT2D eigenvalue weighted by atomic mass is 10.2. The van der Waals surface area contributed by atoms with Gasteiger partial charge >= 0.3 is 0 Å². The van der Waals surface area contributed by atoms with Crippen molar-refractivity contribution in [2.45, 2.75) is 0 Å². The number of ketones is 1. The van der Waals surface area contributed by atoms with Crippen LogP contribution in [0.25, 0.3) is 11.0 Å². The highest BCUT2D eigenvalue weighted by atomic mass is 35.5. The van der Waals surface area contributed by atoms with Crippen LogP contribution in [0.1, 0.15) is 16.2 Å². The zero-order valence-corrected chi connectivity index (χ0v) is 10.3. The Kier molecular flexibility index (Phi) is 2.80. The summed E-state index contributed by atoms with van der Waals surface area (Å²) < 4.78 is 18.2. The molecule has 0 aliphatic carbocycles. The van der Waals surface area contributed by atoms with E-state index in [1.165, 1.54) is 12.1 Å². The summed E-state index contributed by atoms with van der Waals surface area (Å²) in [5.74, 6) is -0.779. The number of hydrogen-bond donors (Lipinski definition) is 0. The van der Waals surface area contributed by atoms with Crippen LogP contribution in [-0.4, -0.2) is 10.8 Å². The molecule has 3 nitrogen and oxygen atoms in total. The number of hydrogen-bond acceptors (Lipinski definition) is 3. The first kappa shape index (κ1) is 11.9. The van der Waals surface area contributed by atoms with Crippen molar-refractivity contribution < 1.29 is 13.6 Å². The second-order valence-electron chi connectivity index (χ2n) is 3.95. The molecule has 0 aliphatic rings. The monoisotopic (exact) mass is 275 g/mol. The van der Waals surface area contributed by atoms with Gasteiger partial charge in [-0.05, 0) is 30.3 Å². The molecule has 0 N–H and O–H groups in total. The number of benzene rings is 1. The summed E-state index contributed by atoms with van der Waals surface area (Å²) in [4.78, 5) is 15.8. The molecule has 2 heterocycles. The highest BCUT2D eigenvalue weighted by molar-refractivity contribution is 6.35. The van der Waals surface area contributed by atoms with Crippen molar-refractivity contribution in [1.82, 2.24) is 4.98 Å². The third kappa shape index (κ3) is 2.11. The van der Waals surface area contributed by atoms with Gasteiger partial charge in [-0.3, -0.25) is 4.79 Å². The molecule has 1 aromatic carbocycles. The number of rotatable bonds is 2. The van der Waals surface area contributed by atoms with E-state index >= 15 is 0 Å². The maximum Gasteiger partial charge on any atom is 0.246 e. The Hall–Kier alpha value is -2.20. The summed E-state index contributed by atoms with van der Waals surface area (Å²) in [5.41, 5.74) is 0.648. The normalized spacial score (nSPS) is 10.8. The number of fused-ring (bicyclic) bond motifs is 1. The molecular formula is C14H7ClFNO2. The minimum absolute atomic E-state index is 0.122. The molecule has 0 bridgehead atoms. The average Bonchev–Trinajstić information content (AvgIpc) is 2.84. The Morgan fingerprint density at radius 2 is 2.11 bits per heavy atom. The van der Waals surface area contributed by atoms with Gasteiger partial charge in [0, 0.05) is 5.39 Å². The third-order valence-corrected chi connectivity index (χ3v) is 3.02. The first-order valence-electron chi connectivity index (χ1n) is 5.49. The number of halogens is 2. The van der Waals surface area contributed by atoms with E-state index in [0.29, 0.717) is 16.0 Å². The smallest absolute Gasteiger partial charge is 0.246 e. The molecule has 0 spiro atoms. The van der Waals surface area contributed by atoms with E-state index in [2.05, 4.69) is 4.98 Å². The van der Waals surface area contributed by atoms with Gasteiger partial charge in [0.15, 0.2) is 5.76 Å². The van der Waals surface area contributed by atoms with Crippen LogP contribution < -0.4 is 0 Å². The van der Waals surface area contributed by atoms with Gasteiger partial charge in [-0.25, -0.2) is 9.37 Å². The molecule has 5 heteroatoms. The van der Waals surface area contributed by atoms with E-state index < -0.39 is 11.6 Å². The molecule has 0 fully saturated rings. The number of pyridine rings is 1. The van der Waals surface area contributed by atoms with E-state index in [-0.39, 0.29) is 11.5 Å². The van der Waals surface area contributed by atoms with Gasteiger partial charge in [0.25, 0.3) is 0 Å². The van der Waals surface area contributed by atoms with Gasteiger partial charge < -0.3 is 4.42 Å². The summed E-state index contributed by atoms with van der Waals surface area (Å²) in [6.07, 6.45) is 0.989. The Morgan fingerprint density at radius 1 is 1.26 bits per heavy atom. The SMILES string of the molecule is O=C(c1ccc(F)cn1)c1cc2c(Cl)cccc2o1. The zero-order valence-electron chi connectivity index (χ0n) is 9.56. The van der Waals surface area contributed by atoms with Crippen molar-refractivity contribution in [2.75, 3.05) is 0 Å². The number of furan rings is 1. The molecule has 2 aromatic heterocycles. The summed E-state index contributed by atoms with van der Waals surface area (Å²) in [7, 11) is 0. The van der Waals surface area contributed by atoms with Gasteiger partial charge in [-0.2, -0.15) is 0 Å². The topological polar surface area (TPSA) is 43.1 Å². The highest BCUT2D eigenvalue weighted by Crippen LogP contribution is 2.27. The van der Waals surface area contributed by atoms with Crippen molar-refractivity contribution >= 4 is 28.4 Å². The fourth-order valence-electron chi connectivity index (χ4n) is 1.77. The number of carbonyl (C=O) groups is 1. The molecule has 19 heavy (non-hydrogen) atoms. The third-order valence-electron chi connectivity index (χ3n) is 2.69. The van der Waals surface area contributed by atoms with Crippen molar-refractivity contribution in [1.29, 1.82) is 0 Å². The van der Waals surface area contributed by atoms with Gasteiger partial charge in [-0.15, -0.1) is 0 Å². The van der Waals surface area contributed by atoms with Crippen LogP contribution in [-0.2, 0) is 0 Å². The number of carbonyl (C=O) groups excluding carboxylic acids is 1. The maximum absolute atomic E-state index is 12.8. The van der Waals surface area contributed by atoms with Gasteiger partial charge in [0.1, 0.15) is 17.1 Å². The molecule has 0 saturated carbocycles. The number of aromatic nitrogens is 1. The lowest BCUT2D eigenvalue weighted by Gasteiger charge is -1.95. The molecule has 94 valence electrons. The molecule has 3 aromatic rings. The van der Waals surface area contributed by atoms with E-state index in [1.54, 1.807) is 24.3 Å². The predicted molar refractivity (Wildman–Crippen MR) is 68.9 cm³/mol. The van der Waals surface area contributed by atoms with E-state index in [9.17, 15) is 9.18 Å². The van der Waals surface area contributed by atoms with Crippen molar-refractivity contribution in [3.05, 3.63) is 64.9 Å². The quantitative estimate of drug-likeness (QED) is 0.667. The maximum atomic E-state index is 12.8. The summed E-state index contributed by atoms with van der Waals surface area (Å²) in [5, 5.41) is 1.17. The lowest BCUT2D eigenvalue weighted by molar-refractivity contribution is 0.101. The van der Waals surface area contributed by atoms with Crippen LogP contribution in [0, 0.1) is 5.82 Å². The van der Waals surface area contributed by atoms with E-state index in [1.807, 2.05) is 0 Å². The van der Waals surface area contributed by atoms with Crippen molar-refractivity contribution in [3.63, 3.8) is 0 Å². The fourth-order valence-corrected chi connectivity index (χ4v) is 1.99. The average molecular weight is 276 g/mol. The van der Waals surface area contributed by atoms with Crippen molar-refractivity contribution in [2.24, 2.45) is 0 Å². The molecule has 0 unspecified atom stereocenters. The van der Waals surface area contributed by atoms with Crippen LogP contribution in [0.4, 0.5) is 4.39 Å². The highest BCUT2D eigenvalue weighted by Gasteiger charge is 2.16. The Balaban J connectivity index is 2.06. The Morgan fingerprint density at radius 3 is 2.79 bits per heavy atom. The predicted octanol–water partition coefficient (Wildman–Crippen LogP) is 3.85. The molecule has 0 aliphatic heterocycles. The molecule has 0 amide bonds. The van der Waals surface area contributed by atoms with Crippen LogP contribution in [0.15, 0.2) is 47.0 Å². The van der Waals surface area contributed by atoms with Gasteiger partial charge in [0.05, 0.1) is 11.2 Å². The first-order valence-corrected chi connectivity index (χ1v) is 5.87. The van der Waals surface area contributed by atoms with Crippen LogP contribution in [0.3, 0.4) is 0 Å². The second kappa shape index (κ2) is 4.48. The Labute approximate surface area is 112 Å². The summed E-state index contributed by atoms with van der Waals surface area (Å²) in [6.45, 7) is 0. The van der Waals surface area contributed by atoms with E-state index in [4.69, 9.17) is 16.0 Å². The standard InChI is InChI=1S/C14H7ClFNO2/c15-10-2-1-3-12-9(10)6-13(19-12)14(18)11-5-4-8(16)7-17-11/h1-7H.